The van der Waals surface area contributed by atoms with Crippen molar-refractivity contribution in [2.75, 3.05) is 31.2 Å². The van der Waals surface area contributed by atoms with E-state index in [1.54, 1.807) is 0 Å². The van der Waals surface area contributed by atoms with Crippen LogP contribution >= 0.6 is 0 Å². The summed E-state index contributed by atoms with van der Waals surface area (Å²) in [5.74, 6) is -0.240. The molecule has 5 nitrogen and oxygen atoms in total. The fraction of sp³-hybridized carbons (Fsp3) is 0.333. The van der Waals surface area contributed by atoms with Gasteiger partial charge in [0.2, 0.25) is 5.91 Å². The van der Waals surface area contributed by atoms with E-state index in [9.17, 15) is 9.59 Å². The quantitative estimate of drug-likeness (QED) is 0.794. The van der Waals surface area contributed by atoms with Gasteiger partial charge in [0.15, 0.2) is 0 Å². The molecule has 0 bridgehead atoms. The first-order valence-electron chi connectivity index (χ1n) is 7.92. The zero-order valence-corrected chi connectivity index (χ0v) is 12.8. The topological polar surface area (TPSA) is 49.9 Å². The summed E-state index contributed by atoms with van der Waals surface area (Å²) in [6.45, 7) is 2.64. The van der Waals surface area contributed by atoms with Gasteiger partial charge in [0, 0.05) is 18.5 Å². The van der Waals surface area contributed by atoms with E-state index < -0.39 is 0 Å². The zero-order chi connectivity index (χ0) is 15.8. The summed E-state index contributed by atoms with van der Waals surface area (Å²) in [6.07, 6.45) is 0.252. The molecule has 0 saturated carbocycles. The third-order valence-electron chi connectivity index (χ3n) is 4.62. The van der Waals surface area contributed by atoms with Crippen molar-refractivity contribution in [1.82, 2.24) is 4.90 Å². The Morgan fingerprint density at radius 3 is 2.52 bits per heavy atom. The molecule has 0 N–H and O–H groups in total. The molecule has 5 heteroatoms. The van der Waals surface area contributed by atoms with Crippen molar-refractivity contribution in [2.45, 2.75) is 12.5 Å². The summed E-state index contributed by atoms with van der Waals surface area (Å²) < 4.78 is 5.34. The third-order valence-corrected chi connectivity index (χ3v) is 4.62. The molecule has 2 heterocycles. The molecule has 2 fully saturated rings. The average molecular weight is 310 g/mol. The van der Waals surface area contributed by atoms with Crippen molar-refractivity contribution >= 4 is 28.3 Å². The predicted octanol–water partition coefficient (Wildman–Crippen LogP) is 1.80. The zero-order valence-electron chi connectivity index (χ0n) is 12.8. The molecule has 2 saturated heterocycles. The summed E-state index contributed by atoms with van der Waals surface area (Å²) in [5.41, 5.74) is 0.689. The lowest BCUT2D eigenvalue weighted by atomic mass is 10.1. The molecule has 0 unspecified atom stereocenters. The minimum atomic E-state index is -0.356. The summed E-state index contributed by atoms with van der Waals surface area (Å²) in [5, 5.41) is 1.96. The van der Waals surface area contributed by atoms with Gasteiger partial charge in [0.1, 0.15) is 0 Å². The Labute approximate surface area is 134 Å². The van der Waals surface area contributed by atoms with E-state index in [2.05, 4.69) is 4.90 Å². The SMILES string of the molecule is O=C1C[C@@H](N2CCOCC2)C(=O)N1c1cccc2ccccc12. The van der Waals surface area contributed by atoms with Crippen LogP contribution in [0, 0.1) is 0 Å². The third kappa shape index (κ3) is 2.42. The van der Waals surface area contributed by atoms with Crippen LogP contribution in [0.4, 0.5) is 5.69 Å². The van der Waals surface area contributed by atoms with E-state index in [1.165, 1.54) is 4.90 Å². The van der Waals surface area contributed by atoms with E-state index in [-0.39, 0.29) is 24.3 Å². The molecule has 0 spiro atoms. The Bertz CT molecular complexity index is 762. The highest BCUT2D eigenvalue weighted by Crippen LogP contribution is 2.32. The maximum absolute atomic E-state index is 12.9. The van der Waals surface area contributed by atoms with Crippen LogP contribution in [0.25, 0.3) is 10.8 Å². The van der Waals surface area contributed by atoms with Crippen molar-refractivity contribution in [1.29, 1.82) is 0 Å². The van der Waals surface area contributed by atoms with Crippen molar-refractivity contribution in [2.24, 2.45) is 0 Å². The number of carbonyl (C=O) groups excluding carboxylic acids is 2. The molecule has 0 radical (unpaired) electrons. The van der Waals surface area contributed by atoms with E-state index >= 15 is 0 Å². The predicted molar refractivity (Wildman–Crippen MR) is 87.2 cm³/mol. The number of carbonyl (C=O) groups is 2. The van der Waals surface area contributed by atoms with Gasteiger partial charge in [-0.3, -0.25) is 14.5 Å². The number of anilines is 1. The van der Waals surface area contributed by atoms with Crippen LogP contribution in [0.1, 0.15) is 6.42 Å². The Morgan fingerprint density at radius 2 is 1.70 bits per heavy atom. The second-order valence-corrected chi connectivity index (χ2v) is 5.93. The maximum Gasteiger partial charge on any atom is 0.251 e. The van der Waals surface area contributed by atoms with Crippen molar-refractivity contribution in [3.05, 3.63) is 42.5 Å². The van der Waals surface area contributed by atoms with Gasteiger partial charge < -0.3 is 4.74 Å². The molecule has 0 aromatic heterocycles. The standard InChI is InChI=1S/C18H18N2O3/c21-17-12-16(19-8-10-23-11-9-19)18(22)20(17)15-7-3-5-13-4-1-2-6-14(13)15/h1-7,16H,8-12H2/t16-/m1/s1. The summed E-state index contributed by atoms with van der Waals surface area (Å²) in [4.78, 5) is 28.8. The molecular weight excluding hydrogens is 292 g/mol. The number of hydrogen-bond donors (Lipinski definition) is 0. The molecule has 1 atom stereocenters. The van der Waals surface area contributed by atoms with Gasteiger partial charge in [-0.25, -0.2) is 4.90 Å². The lowest BCUT2D eigenvalue weighted by molar-refractivity contribution is -0.123. The van der Waals surface area contributed by atoms with Crippen LogP contribution in [0.2, 0.25) is 0 Å². The smallest absolute Gasteiger partial charge is 0.251 e. The monoisotopic (exact) mass is 310 g/mol. The van der Waals surface area contributed by atoms with E-state index in [0.717, 1.165) is 10.8 Å². The fourth-order valence-corrected chi connectivity index (χ4v) is 3.45. The van der Waals surface area contributed by atoms with Crippen LogP contribution < -0.4 is 4.90 Å². The van der Waals surface area contributed by atoms with Gasteiger partial charge in [-0.2, -0.15) is 0 Å². The van der Waals surface area contributed by atoms with Crippen LogP contribution in [-0.4, -0.2) is 49.1 Å². The molecule has 0 aliphatic carbocycles. The minimum absolute atomic E-state index is 0.117. The molecule has 23 heavy (non-hydrogen) atoms. The van der Waals surface area contributed by atoms with E-state index in [1.807, 2.05) is 42.5 Å². The second kappa shape index (κ2) is 5.76. The normalized spacial score (nSPS) is 23.0. The number of rotatable bonds is 2. The molecule has 4 rings (SSSR count). The van der Waals surface area contributed by atoms with Gasteiger partial charge in [-0.05, 0) is 11.5 Å². The van der Waals surface area contributed by atoms with Crippen molar-refractivity contribution < 1.29 is 14.3 Å². The molecule has 2 aromatic carbocycles. The molecule has 2 aliphatic rings. The highest BCUT2D eigenvalue weighted by molar-refractivity contribution is 6.25. The number of imide groups is 1. The lowest BCUT2D eigenvalue weighted by Crippen LogP contribution is -2.47. The van der Waals surface area contributed by atoms with Crippen LogP contribution in [0.3, 0.4) is 0 Å². The van der Waals surface area contributed by atoms with Crippen LogP contribution in [0.5, 0.6) is 0 Å². The highest BCUT2D eigenvalue weighted by Gasteiger charge is 2.43. The first kappa shape index (κ1) is 14.4. The maximum atomic E-state index is 12.9. The van der Waals surface area contributed by atoms with Gasteiger partial charge in [-0.15, -0.1) is 0 Å². The van der Waals surface area contributed by atoms with Gasteiger partial charge in [-0.1, -0.05) is 36.4 Å². The molecule has 2 aliphatic heterocycles. The van der Waals surface area contributed by atoms with Crippen LogP contribution in [0.15, 0.2) is 42.5 Å². The first-order valence-corrected chi connectivity index (χ1v) is 7.92. The molecule has 118 valence electrons. The number of benzene rings is 2. The van der Waals surface area contributed by atoms with Gasteiger partial charge >= 0.3 is 0 Å². The second-order valence-electron chi connectivity index (χ2n) is 5.93. The number of fused-ring (bicyclic) bond motifs is 1. The number of morpholine rings is 1. The average Bonchev–Trinajstić information content (AvgIpc) is 2.90. The van der Waals surface area contributed by atoms with Crippen molar-refractivity contribution in [3.63, 3.8) is 0 Å². The molecular formula is C18H18N2O3. The lowest BCUT2D eigenvalue weighted by Gasteiger charge is -2.30. The Hall–Kier alpha value is -2.24. The summed E-state index contributed by atoms with van der Waals surface area (Å²) in [6, 6.07) is 13.2. The number of hydrogen-bond acceptors (Lipinski definition) is 4. The molecule has 2 amide bonds. The summed E-state index contributed by atoms with van der Waals surface area (Å²) in [7, 11) is 0. The van der Waals surface area contributed by atoms with Gasteiger partial charge in [0.25, 0.3) is 5.91 Å². The van der Waals surface area contributed by atoms with Gasteiger partial charge in [0.05, 0.1) is 31.4 Å². The minimum Gasteiger partial charge on any atom is -0.379 e. The van der Waals surface area contributed by atoms with E-state index in [4.69, 9.17) is 4.74 Å². The Kier molecular flexibility index (Phi) is 3.59. The number of amides is 2. The fourth-order valence-electron chi connectivity index (χ4n) is 3.45. The van der Waals surface area contributed by atoms with Crippen molar-refractivity contribution in [3.8, 4) is 0 Å². The first-order chi connectivity index (χ1) is 11.3. The number of nitrogens with zero attached hydrogens (tertiary/aromatic N) is 2. The highest BCUT2D eigenvalue weighted by atomic mass is 16.5. The van der Waals surface area contributed by atoms with E-state index in [0.29, 0.717) is 32.0 Å². The Morgan fingerprint density at radius 1 is 0.957 bits per heavy atom. The van der Waals surface area contributed by atoms with Crippen LogP contribution in [-0.2, 0) is 14.3 Å². The Balaban J connectivity index is 1.71. The number of ether oxygens (including phenoxy) is 1. The largest absolute Gasteiger partial charge is 0.379 e. The summed E-state index contributed by atoms with van der Waals surface area (Å²) >= 11 is 0. The molecule has 2 aromatic rings.